The van der Waals surface area contributed by atoms with Gasteiger partial charge < -0.3 is 0 Å². The first-order valence-electron chi connectivity index (χ1n) is 18.4. The van der Waals surface area contributed by atoms with Gasteiger partial charge in [-0.2, -0.15) is 0 Å². The second-order valence-corrected chi connectivity index (χ2v) is 22.6. The average molecular weight is 738 g/mol. The van der Waals surface area contributed by atoms with E-state index in [1.165, 1.54) is 61.8 Å². The first kappa shape index (κ1) is 30.6. The molecular formula is C49H35GeN3. The van der Waals surface area contributed by atoms with Gasteiger partial charge in [-0.3, -0.25) is 0 Å². The average Bonchev–Trinajstić information content (AvgIpc) is 3.79. The van der Waals surface area contributed by atoms with Gasteiger partial charge in [-0.15, -0.1) is 0 Å². The number of fused-ring (bicyclic) bond motifs is 9. The predicted molar refractivity (Wildman–Crippen MR) is 222 cm³/mol. The van der Waals surface area contributed by atoms with E-state index in [4.69, 9.17) is 9.97 Å². The van der Waals surface area contributed by atoms with Gasteiger partial charge in [-0.05, 0) is 0 Å². The van der Waals surface area contributed by atoms with Gasteiger partial charge in [0.2, 0.25) is 0 Å². The second kappa shape index (κ2) is 11.2. The van der Waals surface area contributed by atoms with Crippen LogP contribution in [0.15, 0.2) is 176 Å². The first-order chi connectivity index (χ1) is 26.1. The standard InChI is InChI=1S/C49H35GeN3/c1-49(2)40-27-15-12-24-35(40)38-30-39-36-25-14-17-29-43(36)53(44(39)31-41(38)49)48-45-37-26-13-16-28-42(37)50(33-20-8-4-9-21-33,34-22-10-5-11-23-34)46(45)51-47(52-48)32-18-6-3-7-19-32/h3-31H,1-2H3. The van der Waals surface area contributed by atoms with Gasteiger partial charge >= 0.3 is 313 Å². The number of hydrogen-bond donors (Lipinski definition) is 0. The molecular weight excluding hydrogens is 703 g/mol. The Kier molecular flexibility index (Phi) is 6.48. The van der Waals surface area contributed by atoms with Crippen molar-refractivity contribution in [2.75, 3.05) is 0 Å². The van der Waals surface area contributed by atoms with Crippen LogP contribution >= 0.6 is 0 Å². The van der Waals surface area contributed by atoms with Crippen LogP contribution in [-0.2, 0) is 5.41 Å². The first-order valence-corrected chi connectivity index (χ1v) is 22.6. The molecule has 9 aromatic rings. The van der Waals surface area contributed by atoms with Crippen molar-refractivity contribution >= 4 is 52.8 Å². The number of nitrogens with zero attached hydrogens (tertiary/aromatic N) is 3. The summed E-state index contributed by atoms with van der Waals surface area (Å²) in [6.07, 6.45) is 0. The van der Waals surface area contributed by atoms with Crippen LogP contribution < -0.4 is 17.7 Å². The predicted octanol–water partition coefficient (Wildman–Crippen LogP) is 8.90. The van der Waals surface area contributed by atoms with E-state index in [1.54, 1.807) is 0 Å². The summed E-state index contributed by atoms with van der Waals surface area (Å²) >= 11 is -3.70. The monoisotopic (exact) mass is 739 g/mol. The van der Waals surface area contributed by atoms with Crippen molar-refractivity contribution in [3.63, 3.8) is 0 Å². The molecule has 0 saturated heterocycles. The van der Waals surface area contributed by atoms with Crippen LogP contribution in [0, 0.1) is 0 Å². The minimum absolute atomic E-state index is 0.137. The molecule has 7 aromatic carbocycles. The topological polar surface area (TPSA) is 30.7 Å². The zero-order valence-corrected chi connectivity index (χ0v) is 31.7. The van der Waals surface area contributed by atoms with Gasteiger partial charge in [0.25, 0.3) is 0 Å². The van der Waals surface area contributed by atoms with Gasteiger partial charge in [-0.1, -0.05) is 0 Å². The number of para-hydroxylation sites is 1. The molecule has 2 aliphatic rings. The molecule has 3 heterocycles. The van der Waals surface area contributed by atoms with Crippen LogP contribution in [0.5, 0.6) is 0 Å². The summed E-state index contributed by atoms with van der Waals surface area (Å²) in [6.45, 7) is 4.73. The molecule has 0 saturated carbocycles. The van der Waals surface area contributed by atoms with Crippen LogP contribution in [0.25, 0.3) is 61.3 Å². The third-order valence-corrected chi connectivity index (χ3v) is 21.8. The summed E-state index contributed by atoms with van der Waals surface area (Å²) in [6, 6.07) is 64.7. The molecule has 0 radical (unpaired) electrons. The third-order valence-electron chi connectivity index (χ3n) is 11.9. The maximum absolute atomic E-state index is 5.74. The molecule has 0 bridgehead atoms. The molecule has 0 amide bonds. The minimum atomic E-state index is -3.70. The summed E-state index contributed by atoms with van der Waals surface area (Å²) in [5, 5.41) is 2.47. The molecule has 250 valence electrons. The normalized spacial score (nSPS) is 14.5. The quantitative estimate of drug-likeness (QED) is 0.169. The van der Waals surface area contributed by atoms with Crippen molar-refractivity contribution in [1.29, 1.82) is 0 Å². The van der Waals surface area contributed by atoms with Crippen molar-refractivity contribution in [3.05, 3.63) is 187 Å². The number of benzene rings is 7. The van der Waals surface area contributed by atoms with Crippen molar-refractivity contribution in [3.8, 4) is 39.5 Å². The van der Waals surface area contributed by atoms with E-state index >= 15 is 0 Å². The van der Waals surface area contributed by atoms with Crippen LogP contribution in [0.4, 0.5) is 0 Å². The van der Waals surface area contributed by atoms with Gasteiger partial charge in [0.1, 0.15) is 0 Å². The van der Waals surface area contributed by atoms with Crippen LogP contribution in [0.1, 0.15) is 25.0 Å². The Labute approximate surface area is 311 Å². The summed E-state index contributed by atoms with van der Waals surface area (Å²) < 4.78 is 7.79. The van der Waals surface area contributed by atoms with Crippen LogP contribution in [0.2, 0.25) is 0 Å². The molecule has 4 heteroatoms. The van der Waals surface area contributed by atoms with Crippen molar-refractivity contribution in [2.45, 2.75) is 19.3 Å². The van der Waals surface area contributed by atoms with Crippen molar-refractivity contribution < 1.29 is 0 Å². The van der Waals surface area contributed by atoms with Gasteiger partial charge in [0, 0.05) is 0 Å². The Hall–Kier alpha value is -6.04. The molecule has 1 aliphatic carbocycles. The molecule has 0 N–H and O–H groups in total. The van der Waals surface area contributed by atoms with Gasteiger partial charge in [0.05, 0.1) is 0 Å². The third kappa shape index (κ3) is 4.11. The van der Waals surface area contributed by atoms with E-state index in [1.807, 2.05) is 0 Å². The molecule has 0 atom stereocenters. The summed E-state index contributed by atoms with van der Waals surface area (Å²) in [7, 11) is 0. The Morgan fingerprint density at radius 3 is 1.83 bits per heavy atom. The zero-order valence-electron chi connectivity index (χ0n) is 29.6. The number of aromatic nitrogens is 3. The molecule has 0 unspecified atom stereocenters. The van der Waals surface area contributed by atoms with E-state index in [-0.39, 0.29) is 5.41 Å². The van der Waals surface area contributed by atoms with Crippen molar-refractivity contribution in [1.82, 2.24) is 14.5 Å². The molecule has 3 nitrogen and oxygen atoms in total. The van der Waals surface area contributed by atoms with E-state index in [0.29, 0.717) is 0 Å². The van der Waals surface area contributed by atoms with Crippen molar-refractivity contribution in [2.24, 2.45) is 0 Å². The fraction of sp³-hybridized carbons (Fsp3) is 0.0612. The van der Waals surface area contributed by atoms with E-state index < -0.39 is 13.3 Å². The molecule has 2 aromatic heterocycles. The number of hydrogen-bond acceptors (Lipinski definition) is 2. The fourth-order valence-electron chi connectivity index (χ4n) is 9.52. The zero-order chi connectivity index (χ0) is 35.3. The Balaban J connectivity index is 1.33. The Morgan fingerprint density at radius 2 is 1.09 bits per heavy atom. The molecule has 53 heavy (non-hydrogen) atoms. The SMILES string of the molecule is CC1(C)c2ccccc2-c2cc3c4ccccc4n(-c4nc(-c5ccccc5)n[c]5c4-c4cccc[c]4[Ge]5([c]4ccccc4)[c]4ccccc4)c3cc21. The van der Waals surface area contributed by atoms with E-state index in [2.05, 4.69) is 194 Å². The molecule has 0 spiro atoms. The molecule has 11 rings (SSSR count). The van der Waals surface area contributed by atoms with Gasteiger partial charge in [-0.25, -0.2) is 0 Å². The number of rotatable bonds is 4. The molecule has 1 aliphatic heterocycles. The second-order valence-electron chi connectivity index (χ2n) is 14.9. The Morgan fingerprint density at radius 1 is 0.491 bits per heavy atom. The summed E-state index contributed by atoms with van der Waals surface area (Å²) in [4.78, 5) is 11.4. The molecule has 0 fully saturated rings. The van der Waals surface area contributed by atoms with E-state index in [9.17, 15) is 0 Å². The van der Waals surface area contributed by atoms with Gasteiger partial charge in [0.15, 0.2) is 0 Å². The van der Waals surface area contributed by atoms with Crippen LogP contribution in [-0.4, -0.2) is 27.8 Å². The summed E-state index contributed by atoms with van der Waals surface area (Å²) in [5.41, 5.74) is 11.0. The van der Waals surface area contributed by atoms with E-state index in [0.717, 1.165) is 28.3 Å². The van der Waals surface area contributed by atoms with Crippen LogP contribution in [0.3, 0.4) is 0 Å². The maximum atomic E-state index is 5.74. The Bertz CT molecular complexity index is 2870. The fourth-order valence-corrected chi connectivity index (χ4v) is 20.0. The summed E-state index contributed by atoms with van der Waals surface area (Å²) in [5.74, 6) is 1.70.